The number of ether oxygens (including phenoxy) is 1. The van der Waals surface area contributed by atoms with E-state index < -0.39 is 17.8 Å². The molecule has 0 spiro atoms. The molecular weight excluding hydrogens is 465 g/mol. The van der Waals surface area contributed by atoms with Gasteiger partial charge in [0.25, 0.3) is 5.91 Å². The van der Waals surface area contributed by atoms with E-state index in [1.165, 1.54) is 6.92 Å². The first-order valence-electron chi connectivity index (χ1n) is 11.1. The van der Waals surface area contributed by atoms with E-state index in [4.69, 9.17) is 16.3 Å². The van der Waals surface area contributed by atoms with Crippen molar-refractivity contribution in [1.29, 1.82) is 0 Å². The first-order chi connectivity index (χ1) is 16.2. The number of halogens is 4. The second kappa shape index (κ2) is 9.84. The van der Waals surface area contributed by atoms with E-state index in [-0.39, 0.29) is 29.4 Å². The Morgan fingerprint density at radius 1 is 1.09 bits per heavy atom. The Kier molecular flexibility index (Phi) is 7.05. The average Bonchev–Trinajstić information content (AvgIpc) is 3.11. The SMILES string of the molecule is Cc1c(-c2ccc(Cl)cc2)c(C(=O)N(C)C2CCOCC2)n(Cc2ccccc2)c1C(F)(F)F. The minimum atomic E-state index is -4.64. The first-order valence-corrected chi connectivity index (χ1v) is 11.5. The molecule has 8 heteroatoms. The lowest BCUT2D eigenvalue weighted by Crippen LogP contribution is -2.41. The van der Waals surface area contributed by atoms with Gasteiger partial charge in [-0.1, -0.05) is 54.1 Å². The molecule has 0 bridgehead atoms. The molecule has 0 atom stereocenters. The average molecular weight is 491 g/mol. The smallest absolute Gasteiger partial charge is 0.381 e. The Morgan fingerprint density at radius 2 is 1.71 bits per heavy atom. The predicted octanol–water partition coefficient (Wildman–Crippen LogP) is 6.44. The molecule has 2 heterocycles. The van der Waals surface area contributed by atoms with Crippen molar-refractivity contribution < 1.29 is 22.7 Å². The summed E-state index contributed by atoms with van der Waals surface area (Å²) < 4.78 is 49.8. The van der Waals surface area contributed by atoms with Crippen LogP contribution in [0.4, 0.5) is 13.2 Å². The summed E-state index contributed by atoms with van der Waals surface area (Å²) in [6.45, 7) is 2.39. The van der Waals surface area contributed by atoms with Crippen LogP contribution in [0.3, 0.4) is 0 Å². The number of rotatable bonds is 5. The standard InChI is InChI=1S/C26H26ClF3N2O2/c1-17-22(19-8-10-20(27)11-9-19)23(25(33)31(2)21-12-14-34-15-13-21)32(24(17)26(28,29)30)16-18-6-4-3-5-7-18/h3-11,21H,12-16H2,1-2H3. The van der Waals surface area contributed by atoms with Crippen molar-refractivity contribution in [2.24, 2.45) is 0 Å². The van der Waals surface area contributed by atoms with E-state index in [1.807, 2.05) is 0 Å². The Bertz CT molecular complexity index is 1150. The predicted molar refractivity (Wildman–Crippen MR) is 126 cm³/mol. The summed E-state index contributed by atoms with van der Waals surface area (Å²) in [7, 11) is 1.66. The number of hydrogen-bond donors (Lipinski definition) is 0. The third kappa shape index (κ3) is 4.86. The second-order valence-corrected chi connectivity index (χ2v) is 8.97. The Balaban J connectivity index is 1.94. The van der Waals surface area contributed by atoms with Crippen LogP contribution < -0.4 is 0 Å². The molecule has 0 N–H and O–H groups in total. The maximum atomic E-state index is 14.4. The van der Waals surface area contributed by atoms with Gasteiger partial charge >= 0.3 is 6.18 Å². The fraction of sp³-hybridized carbons (Fsp3) is 0.346. The van der Waals surface area contributed by atoms with E-state index >= 15 is 0 Å². The van der Waals surface area contributed by atoms with Crippen molar-refractivity contribution in [1.82, 2.24) is 9.47 Å². The van der Waals surface area contributed by atoms with Crippen molar-refractivity contribution in [2.75, 3.05) is 20.3 Å². The van der Waals surface area contributed by atoms with Crippen LogP contribution in [0.5, 0.6) is 0 Å². The summed E-state index contributed by atoms with van der Waals surface area (Å²) in [5, 5.41) is 0.466. The highest BCUT2D eigenvalue weighted by atomic mass is 35.5. The zero-order valence-corrected chi connectivity index (χ0v) is 19.8. The van der Waals surface area contributed by atoms with Gasteiger partial charge in [-0.25, -0.2) is 0 Å². The fourth-order valence-electron chi connectivity index (χ4n) is 4.63. The van der Waals surface area contributed by atoms with E-state index in [0.29, 0.717) is 42.2 Å². The van der Waals surface area contributed by atoms with Gasteiger partial charge in [-0.05, 0) is 48.6 Å². The Hall–Kier alpha value is -2.77. The number of carbonyl (C=O) groups excluding carboxylic acids is 1. The summed E-state index contributed by atoms with van der Waals surface area (Å²) in [6.07, 6.45) is -3.36. The molecule has 1 saturated heterocycles. The number of alkyl halides is 3. The second-order valence-electron chi connectivity index (χ2n) is 8.53. The first kappa shape index (κ1) is 24.4. The summed E-state index contributed by atoms with van der Waals surface area (Å²) in [4.78, 5) is 15.4. The minimum Gasteiger partial charge on any atom is -0.381 e. The van der Waals surface area contributed by atoms with Gasteiger partial charge in [0, 0.05) is 43.4 Å². The molecule has 4 nitrogen and oxygen atoms in total. The lowest BCUT2D eigenvalue weighted by molar-refractivity contribution is -0.143. The summed E-state index contributed by atoms with van der Waals surface area (Å²) in [5.74, 6) is -0.439. The highest BCUT2D eigenvalue weighted by Gasteiger charge is 2.42. The van der Waals surface area contributed by atoms with Crippen molar-refractivity contribution in [3.8, 4) is 11.1 Å². The van der Waals surface area contributed by atoms with E-state index in [0.717, 1.165) is 4.57 Å². The van der Waals surface area contributed by atoms with Gasteiger partial charge in [0.2, 0.25) is 0 Å². The van der Waals surface area contributed by atoms with Crippen LogP contribution in [0.15, 0.2) is 54.6 Å². The fourth-order valence-corrected chi connectivity index (χ4v) is 4.76. The number of amides is 1. The molecule has 1 aliphatic rings. The van der Waals surface area contributed by atoms with Crippen LogP contribution in [-0.2, 0) is 17.5 Å². The number of carbonyl (C=O) groups is 1. The van der Waals surface area contributed by atoms with Crippen LogP contribution in [0.25, 0.3) is 11.1 Å². The van der Waals surface area contributed by atoms with Crippen molar-refractivity contribution in [2.45, 2.75) is 38.5 Å². The monoisotopic (exact) mass is 490 g/mol. The molecule has 1 amide bonds. The number of hydrogen-bond acceptors (Lipinski definition) is 2. The lowest BCUT2D eigenvalue weighted by Gasteiger charge is -2.32. The molecule has 1 aromatic heterocycles. The van der Waals surface area contributed by atoms with E-state index in [9.17, 15) is 18.0 Å². The molecular formula is C26H26ClF3N2O2. The number of nitrogens with zero attached hydrogens (tertiary/aromatic N) is 2. The van der Waals surface area contributed by atoms with E-state index in [2.05, 4.69) is 0 Å². The van der Waals surface area contributed by atoms with E-state index in [1.54, 1.807) is 66.5 Å². The summed E-state index contributed by atoms with van der Waals surface area (Å²) in [5.41, 5.74) is 0.713. The third-order valence-corrected chi connectivity index (χ3v) is 6.61. The van der Waals surface area contributed by atoms with Crippen LogP contribution >= 0.6 is 11.6 Å². The van der Waals surface area contributed by atoms with Gasteiger partial charge in [0.15, 0.2) is 0 Å². The van der Waals surface area contributed by atoms with Crippen molar-refractivity contribution in [3.63, 3.8) is 0 Å². The van der Waals surface area contributed by atoms with Gasteiger partial charge in [-0.2, -0.15) is 13.2 Å². The van der Waals surface area contributed by atoms with Gasteiger partial charge in [0.1, 0.15) is 11.4 Å². The highest BCUT2D eigenvalue weighted by Crippen LogP contribution is 2.42. The van der Waals surface area contributed by atoms with Crippen LogP contribution in [0, 0.1) is 6.92 Å². The number of benzene rings is 2. The van der Waals surface area contributed by atoms with Crippen LogP contribution in [0.1, 0.15) is 40.2 Å². The normalized spacial score (nSPS) is 14.9. The quantitative estimate of drug-likeness (QED) is 0.413. The minimum absolute atomic E-state index is 0.0227. The molecule has 180 valence electrons. The molecule has 0 unspecified atom stereocenters. The molecule has 1 fully saturated rings. The van der Waals surface area contributed by atoms with Gasteiger partial charge < -0.3 is 14.2 Å². The maximum absolute atomic E-state index is 14.4. The van der Waals surface area contributed by atoms with Crippen LogP contribution in [-0.4, -0.2) is 41.7 Å². The Morgan fingerprint density at radius 3 is 2.29 bits per heavy atom. The van der Waals surface area contributed by atoms with Gasteiger partial charge in [-0.3, -0.25) is 4.79 Å². The largest absolute Gasteiger partial charge is 0.431 e. The molecule has 3 aromatic rings. The van der Waals surface area contributed by atoms with Gasteiger partial charge in [-0.15, -0.1) is 0 Å². The zero-order chi connectivity index (χ0) is 24.5. The topological polar surface area (TPSA) is 34.5 Å². The molecule has 0 saturated carbocycles. The lowest BCUT2D eigenvalue weighted by atomic mass is 9.99. The molecule has 34 heavy (non-hydrogen) atoms. The zero-order valence-electron chi connectivity index (χ0n) is 19.0. The van der Waals surface area contributed by atoms with Crippen molar-refractivity contribution >= 4 is 17.5 Å². The number of aromatic nitrogens is 1. The molecule has 1 aliphatic heterocycles. The van der Waals surface area contributed by atoms with Gasteiger partial charge in [0.05, 0.1) is 0 Å². The Labute approximate surface area is 201 Å². The maximum Gasteiger partial charge on any atom is 0.431 e. The molecule has 2 aromatic carbocycles. The molecule has 0 radical (unpaired) electrons. The summed E-state index contributed by atoms with van der Waals surface area (Å²) >= 11 is 6.04. The molecule has 4 rings (SSSR count). The van der Waals surface area contributed by atoms with Crippen molar-refractivity contribution in [3.05, 3.63) is 82.1 Å². The summed E-state index contributed by atoms with van der Waals surface area (Å²) in [6, 6.07) is 15.3. The highest BCUT2D eigenvalue weighted by molar-refractivity contribution is 6.30. The molecule has 0 aliphatic carbocycles. The van der Waals surface area contributed by atoms with Crippen LogP contribution in [0.2, 0.25) is 5.02 Å². The third-order valence-electron chi connectivity index (χ3n) is 6.35.